The van der Waals surface area contributed by atoms with Crippen molar-refractivity contribution < 1.29 is 5.11 Å². The summed E-state index contributed by atoms with van der Waals surface area (Å²) in [6.07, 6.45) is 1.72. The molecular formula is C16H21N5O. The average Bonchev–Trinajstić information content (AvgIpc) is 2.47. The molecule has 1 aromatic carbocycles. The van der Waals surface area contributed by atoms with Crippen LogP contribution in [0.4, 0.5) is 11.6 Å². The fraction of sp³-hybridized carbons (Fsp3) is 0.312. The van der Waals surface area contributed by atoms with E-state index in [0.29, 0.717) is 12.5 Å². The Morgan fingerprint density at radius 1 is 1.18 bits per heavy atom. The number of hydrogen-bond donors (Lipinski definition) is 2. The summed E-state index contributed by atoms with van der Waals surface area (Å²) < 4.78 is 0. The van der Waals surface area contributed by atoms with Crippen LogP contribution in [0, 0.1) is 13.8 Å². The molecular weight excluding hydrogens is 278 g/mol. The smallest absolute Gasteiger partial charge is 0.243 e. The molecule has 2 N–H and O–H groups in total. The van der Waals surface area contributed by atoms with Crippen molar-refractivity contribution in [1.29, 1.82) is 0 Å². The van der Waals surface area contributed by atoms with E-state index in [1.54, 1.807) is 6.21 Å². The first-order valence-electron chi connectivity index (χ1n) is 7.12. The van der Waals surface area contributed by atoms with Crippen molar-refractivity contribution in [3.05, 3.63) is 47.3 Å². The van der Waals surface area contributed by atoms with Crippen LogP contribution in [0.2, 0.25) is 0 Å². The first-order chi connectivity index (χ1) is 10.6. The summed E-state index contributed by atoms with van der Waals surface area (Å²) in [6.45, 7) is 4.59. The number of aryl methyl sites for hydroxylation is 2. The van der Waals surface area contributed by atoms with Gasteiger partial charge < -0.3 is 10.0 Å². The van der Waals surface area contributed by atoms with Crippen molar-refractivity contribution in [2.24, 2.45) is 5.10 Å². The SMILES string of the molecule is Cc1cc(C)nc(NN=Cc2ccc(N(C)CCO)cc2)n1. The number of rotatable bonds is 6. The number of nitrogens with zero attached hydrogens (tertiary/aromatic N) is 4. The Hall–Kier alpha value is -2.47. The summed E-state index contributed by atoms with van der Waals surface area (Å²) in [5, 5.41) is 13.1. The van der Waals surface area contributed by atoms with Crippen LogP contribution in [0.1, 0.15) is 17.0 Å². The summed E-state index contributed by atoms with van der Waals surface area (Å²) in [5.41, 5.74) is 6.67. The Morgan fingerprint density at radius 2 is 1.82 bits per heavy atom. The highest BCUT2D eigenvalue weighted by Gasteiger charge is 1.99. The molecule has 1 aromatic heterocycles. The van der Waals surface area contributed by atoms with Crippen molar-refractivity contribution in [1.82, 2.24) is 9.97 Å². The van der Waals surface area contributed by atoms with Crippen LogP contribution in [0.3, 0.4) is 0 Å². The van der Waals surface area contributed by atoms with Gasteiger partial charge in [0.1, 0.15) is 0 Å². The Kier molecular flexibility index (Phi) is 5.43. The quantitative estimate of drug-likeness (QED) is 0.630. The monoisotopic (exact) mass is 299 g/mol. The molecule has 0 amide bonds. The lowest BCUT2D eigenvalue weighted by atomic mass is 10.2. The predicted octanol–water partition coefficient (Wildman–Crippen LogP) is 1.97. The first-order valence-corrected chi connectivity index (χ1v) is 7.12. The van der Waals surface area contributed by atoms with E-state index in [1.165, 1.54) is 0 Å². The van der Waals surface area contributed by atoms with Crippen molar-refractivity contribution in [3.8, 4) is 0 Å². The highest BCUT2D eigenvalue weighted by molar-refractivity contribution is 5.80. The highest BCUT2D eigenvalue weighted by Crippen LogP contribution is 2.12. The lowest BCUT2D eigenvalue weighted by Crippen LogP contribution is -2.20. The van der Waals surface area contributed by atoms with E-state index in [1.807, 2.05) is 56.1 Å². The van der Waals surface area contributed by atoms with Crippen LogP contribution in [0.25, 0.3) is 0 Å². The number of benzene rings is 1. The van der Waals surface area contributed by atoms with Gasteiger partial charge in [-0.15, -0.1) is 0 Å². The molecule has 0 saturated carbocycles. The van der Waals surface area contributed by atoms with Crippen molar-refractivity contribution in [2.45, 2.75) is 13.8 Å². The number of hydrazone groups is 1. The summed E-state index contributed by atoms with van der Waals surface area (Å²) in [7, 11) is 1.94. The van der Waals surface area contributed by atoms with Gasteiger partial charge in [-0.2, -0.15) is 5.10 Å². The Balaban J connectivity index is 1.98. The summed E-state index contributed by atoms with van der Waals surface area (Å²) in [5.74, 6) is 0.494. The molecule has 0 unspecified atom stereocenters. The molecule has 0 aliphatic rings. The molecule has 0 spiro atoms. The third-order valence-corrected chi connectivity index (χ3v) is 3.13. The highest BCUT2D eigenvalue weighted by atomic mass is 16.3. The van der Waals surface area contributed by atoms with Gasteiger partial charge in [-0.3, -0.25) is 0 Å². The summed E-state index contributed by atoms with van der Waals surface area (Å²) >= 11 is 0. The minimum atomic E-state index is 0.138. The lowest BCUT2D eigenvalue weighted by molar-refractivity contribution is 0.304. The van der Waals surface area contributed by atoms with Gasteiger partial charge in [-0.05, 0) is 37.6 Å². The number of aliphatic hydroxyl groups is 1. The minimum absolute atomic E-state index is 0.138. The fourth-order valence-electron chi connectivity index (χ4n) is 2.03. The second-order valence-electron chi connectivity index (χ2n) is 5.08. The maximum Gasteiger partial charge on any atom is 0.243 e. The van der Waals surface area contributed by atoms with Crippen LogP contribution >= 0.6 is 0 Å². The largest absolute Gasteiger partial charge is 0.395 e. The summed E-state index contributed by atoms with van der Waals surface area (Å²) in [4.78, 5) is 10.5. The molecule has 6 nitrogen and oxygen atoms in total. The number of likely N-dealkylation sites (N-methyl/N-ethyl adjacent to an activating group) is 1. The second kappa shape index (κ2) is 7.51. The maximum absolute atomic E-state index is 8.93. The Labute approximate surface area is 130 Å². The maximum atomic E-state index is 8.93. The van der Waals surface area contributed by atoms with Crippen LogP contribution in [0.15, 0.2) is 35.4 Å². The second-order valence-corrected chi connectivity index (χ2v) is 5.08. The van der Waals surface area contributed by atoms with Gasteiger partial charge in [0.25, 0.3) is 0 Å². The molecule has 0 atom stereocenters. The lowest BCUT2D eigenvalue weighted by Gasteiger charge is -2.17. The Morgan fingerprint density at radius 3 is 2.41 bits per heavy atom. The molecule has 0 saturated heterocycles. The number of aliphatic hydroxyl groups excluding tert-OH is 1. The number of anilines is 2. The van der Waals surface area contributed by atoms with Crippen LogP contribution in [0.5, 0.6) is 0 Å². The van der Waals surface area contributed by atoms with Gasteiger partial charge >= 0.3 is 0 Å². The number of aromatic nitrogens is 2. The van der Waals surface area contributed by atoms with Gasteiger partial charge in [-0.1, -0.05) is 12.1 Å². The number of nitrogens with one attached hydrogen (secondary N) is 1. The van der Waals surface area contributed by atoms with Crippen molar-refractivity contribution in [3.63, 3.8) is 0 Å². The van der Waals surface area contributed by atoms with E-state index in [2.05, 4.69) is 20.5 Å². The molecule has 116 valence electrons. The molecule has 6 heteroatoms. The molecule has 0 bridgehead atoms. The van der Waals surface area contributed by atoms with Crippen molar-refractivity contribution in [2.75, 3.05) is 30.5 Å². The van der Waals surface area contributed by atoms with Crippen LogP contribution in [-0.4, -0.2) is 41.5 Å². The Bertz CT molecular complexity index is 619. The van der Waals surface area contributed by atoms with E-state index >= 15 is 0 Å². The van der Waals surface area contributed by atoms with Crippen LogP contribution < -0.4 is 10.3 Å². The molecule has 0 aliphatic heterocycles. The third kappa shape index (κ3) is 4.53. The number of hydrogen-bond acceptors (Lipinski definition) is 6. The van der Waals surface area contributed by atoms with Gasteiger partial charge in [-0.25, -0.2) is 15.4 Å². The van der Waals surface area contributed by atoms with E-state index in [9.17, 15) is 0 Å². The standard InChI is InChI=1S/C16H21N5O/c1-12-10-13(2)19-16(18-12)20-17-11-14-4-6-15(7-5-14)21(3)8-9-22/h4-7,10-11,22H,8-9H2,1-3H3,(H,18,19,20). The van der Waals surface area contributed by atoms with E-state index in [4.69, 9.17) is 5.11 Å². The predicted molar refractivity (Wildman–Crippen MR) is 89.5 cm³/mol. The molecule has 22 heavy (non-hydrogen) atoms. The van der Waals surface area contributed by atoms with Crippen LogP contribution in [-0.2, 0) is 0 Å². The molecule has 0 fully saturated rings. The molecule has 0 aliphatic carbocycles. The topological polar surface area (TPSA) is 73.6 Å². The molecule has 2 rings (SSSR count). The zero-order valence-electron chi connectivity index (χ0n) is 13.1. The molecule has 1 heterocycles. The van der Waals surface area contributed by atoms with E-state index < -0.39 is 0 Å². The molecule has 0 radical (unpaired) electrons. The minimum Gasteiger partial charge on any atom is -0.395 e. The van der Waals surface area contributed by atoms with Gasteiger partial charge in [0.2, 0.25) is 5.95 Å². The van der Waals surface area contributed by atoms with E-state index in [0.717, 1.165) is 22.6 Å². The normalized spacial score (nSPS) is 10.9. The van der Waals surface area contributed by atoms with E-state index in [-0.39, 0.29) is 6.61 Å². The van der Waals surface area contributed by atoms with Gasteiger partial charge in [0.15, 0.2) is 0 Å². The van der Waals surface area contributed by atoms with Gasteiger partial charge in [0, 0.05) is 30.7 Å². The average molecular weight is 299 g/mol. The first kappa shape index (κ1) is 15.9. The van der Waals surface area contributed by atoms with Crippen molar-refractivity contribution >= 4 is 17.9 Å². The molecule has 2 aromatic rings. The fourth-order valence-corrected chi connectivity index (χ4v) is 2.03. The third-order valence-electron chi connectivity index (χ3n) is 3.13. The zero-order chi connectivity index (χ0) is 15.9. The summed E-state index contributed by atoms with van der Waals surface area (Å²) in [6, 6.07) is 9.83. The zero-order valence-corrected chi connectivity index (χ0v) is 13.1. The van der Waals surface area contributed by atoms with Gasteiger partial charge in [0.05, 0.1) is 12.8 Å².